The van der Waals surface area contributed by atoms with Crippen LogP contribution in [0.4, 0.5) is 19.0 Å². The number of pyridine rings is 1. The summed E-state index contributed by atoms with van der Waals surface area (Å²) in [4.78, 5) is 3.71. The lowest BCUT2D eigenvalue weighted by atomic mass is 10.2. The van der Waals surface area contributed by atoms with E-state index in [2.05, 4.69) is 10.3 Å². The minimum atomic E-state index is -4.38. The van der Waals surface area contributed by atoms with Crippen LogP contribution in [0.15, 0.2) is 18.3 Å². The smallest absolute Gasteiger partial charge is 0.396 e. The van der Waals surface area contributed by atoms with E-state index in [1.165, 1.54) is 12.3 Å². The maximum absolute atomic E-state index is 12.6. The molecular formula is C12H17F3N2O. The van der Waals surface area contributed by atoms with Gasteiger partial charge in [-0.1, -0.05) is 12.8 Å². The van der Waals surface area contributed by atoms with Gasteiger partial charge in [0.1, 0.15) is 5.82 Å². The van der Waals surface area contributed by atoms with Crippen LogP contribution in [0.3, 0.4) is 0 Å². The van der Waals surface area contributed by atoms with Crippen LogP contribution in [0.1, 0.15) is 31.2 Å². The quantitative estimate of drug-likeness (QED) is 0.742. The van der Waals surface area contributed by atoms with Crippen molar-refractivity contribution in [2.75, 3.05) is 18.5 Å². The van der Waals surface area contributed by atoms with Crippen LogP contribution in [-0.4, -0.2) is 23.2 Å². The molecule has 1 rings (SSSR count). The van der Waals surface area contributed by atoms with E-state index in [0.29, 0.717) is 6.54 Å². The number of alkyl halides is 3. The number of unbranched alkanes of at least 4 members (excludes halogenated alkanes) is 3. The molecule has 1 heterocycles. The van der Waals surface area contributed by atoms with Gasteiger partial charge in [-0.15, -0.1) is 0 Å². The predicted molar refractivity (Wildman–Crippen MR) is 63.3 cm³/mol. The standard InChI is InChI=1S/C12H17F3N2O/c13-12(14,15)10-6-5-8-17-11(10)16-7-3-1-2-4-9-18/h5-6,8,18H,1-4,7,9H2,(H,16,17). The van der Waals surface area contributed by atoms with E-state index in [-0.39, 0.29) is 12.4 Å². The summed E-state index contributed by atoms with van der Waals surface area (Å²) in [6, 6.07) is 2.29. The SMILES string of the molecule is OCCCCCCNc1ncccc1C(F)(F)F. The summed E-state index contributed by atoms with van der Waals surface area (Å²) in [6.45, 7) is 0.609. The van der Waals surface area contributed by atoms with E-state index in [0.717, 1.165) is 31.7 Å². The summed E-state index contributed by atoms with van der Waals surface area (Å²) in [5, 5.41) is 11.3. The molecule has 0 bridgehead atoms. The maximum Gasteiger partial charge on any atom is 0.419 e. The molecule has 18 heavy (non-hydrogen) atoms. The van der Waals surface area contributed by atoms with Crippen molar-refractivity contribution in [2.24, 2.45) is 0 Å². The van der Waals surface area contributed by atoms with Crippen LogP contribution >= 0.6 is 0 Å². The number of rotatable bonds is 7. The molecule has 0 aromatic carbocycles. The summed E-state index contributed by atoms with van der Waals surface area (Å²) in [5.41, 5.74) is -0.736. The molecule has 3 nitrogen and oxygen atoms in total. The number of hydrogen-bond acceptors (Lipinski definition) is 3. The van der Waals surface area contributed by atoms with Crippen molar-refractivity contribution >= 4 is 5.82 Å². The topological polar surface area (TPSA) is 45.1 Å². The van der Waals surface area contributed by atoms with Gasteiger partial charge in [0.05, 0.1) is 5.56 Å². The van der Waals surface area contributed by atoms with Gasteiger partial charge in [0, 0.05) is 19.3 Å². The molecule has 0 radical (unpaired) electrons. The fourth-order valence-corrected chi connectivity index (χ4v) is 1.57. The molecule has 0 aliphatic rings. The van der Waals surface area contributed by atoms with Gasteiger partial charge in [0.25, 0.3) is 0 Å². The number of nitrogens with one attached hydrogen (secondary N) is 1. The van der Waals surface area contributed by atoms with Crippen LogP contribution in [0.5, 0.6) is 0 Å². The molecule has 0 fully saturated rings. The van der Waals surface area contributed by atoms with Gasteiger partial charge in [-0.25, -0.2) is 4.98 Å². The maximum atomic E-state index is 12.6. The average molecular weight is 262 g/mol. The van der Waals surface area contributed by atoms with Gasteiger partial charge in [-0.3, -0.25) is 0 Å². The van der Waals surface area contributed by atoms with Gasteiger partial charge in [0.15, 0.2) is 0 Å². The predicted octanol–water partition coefficient (Wildman–Crippen LogP) is 3.07. The highest BCUT2D eigenvalue weighted by Gasteiger charge is 2.33. The Labute approximate surface area is 104 Å². The molecule has 0 aliphatic carbocycles. The molecule has 0 amide bonds. The van der Waals surface area contributed by atoms with Crippen molar-refractivity contribution in [2.45, 2.75) is 31.9 Å². The largest absolute Gasteiger partial charge is 0.419 e. The summed E-state index contributed by atoms with van der Waals surface area (Å²) in [6.07, 6.45) is 0.205. The van der Waals surface area contributed by atoms with Crippen LogP contribution in [0.25, 0.3) is 0 Å². The lowest BCUT2D eigenvalue weighted by Crippen LogP contribution is -2.13. The Morgan fingerprint density at radius 1 is 1.17 bits per heavy atom. The minimum Gasteiger partial charge on any atom is -0.396 e. The number of aromatic nitrogens is 1. The van der Waals surface area contributed by atoms with Crippen molar-refractivity contribution in [1.82, 2.24) is 4.98 Å². The highest BCUT2D eigenvalue weighted by molar-refractivity contribution is 5.45. The zero-order valence-corrected chi connectivity index (χ0v) is 10.0. The van der Waals surface area contributed by atoms with Crippen LogP contribution in [-0.2, 0) is 6.18 Å². The highest BCUT2D eigenvalue weighted by atomic mass is 19.4. The number of hydrogen-bond donors (Lipinski definition) is 2. The summed E-state index contributed by atoms with van der Waals surface area (Å²) >= 11 is 0. The average Bonchev–Trinajstić information content (AvgIpc) is 2.33. The molecule has 2 N–H and O–H groups in total. The first-order valence-electron chi connectivity index (χ1n) is 5.92. The Bertz CT molecular complexity index is 355. The first kappa shape index (κ1) is 14.8. The highest BCUT2D eigenvalue weighted by Crippen LogP contribution is 2.33. The molecule has 102 valence electrons. The summed E-state index contributed by atoms with van der Waals surface area (Å²) < 4.78 is 37.8. The molecule has 6 heteroatoms. The lowest BCUT2D eigenvalue weighted by molar-refractivity contribution is -0.137. The van der Waals surface area contributed by atoms with Crippen LogP contribution in [0.2, 0.25) is 0 Å². The number of anilines is 1. The molecule has 1 aromatic heterocycles. The molecule has 1 aromatic rings. The zero-order chi connectivity index (χ0) is 13.4. The van der Waals surface area contributed by atoms with E-state index in [4.69, 9.17) is 5.11 Å². The molecule has 0 saturated carbocycles. The molecule has 0 atom stereocenters. The fraction of sp³-hybridized carbons (Fsp3) is 0.583. The van der Waals surface area contributed by atoms with E-state index in [1.54, 1.807) is 0 Å². The van der Waals surface area contributed by atoms with Crippen molar-refractivity contribution in [3.8, 4) is 0 Å². The van der Waals surface area contributed by atoms with E-state index in [1.807, 2.05) is 0 Å². The van der Waals surface area contributed by atoms with Gasteiger partial charge < -0.3 is 10.4 Å². The third kappa shape index (κ3) is 4.91. The molecule has 0 saturated heterocycles. The van der Waals surface area contributed by atoms with Crippen molar-refractivity contribution in [3.63, 3.8) is 0 Å². The molecule has 0 spiro atoms. The third-order valence-electron chi connectivity index (χ3n) is 2.49. The van der Waals surface area contributed by atoms with Gasteiger partial charge in [-0.05, 0) is 25.0 Å². The van der Waals surface area contributed by atoms with Crippen molar-refractivity contribution in [1.29, 1.82) is 0 Å². The monoisotopic (exact) mass is 262 g/mol. The zero-order valence-electron chi connectivity index (χ0n) is 10.0. The second-order valence-electron chi connectivity index (χ2n) is 3.96. The second kappa shape index (κ2) is 7.20. The first-order chi connectivity index (χ1) is 8.55. The number of aliphatic hydroxyl groups excluding tert-OH is 1. The van der Waals surface area contributed by atoms with E-state index < -0.39 is 11.7 Å². The Hall–Kier alpha value is -1.30. The summed E-state index contributed by atoms with van der Waals surface area (Å²) in [5.74, 6) is -0.118. The Morgan fingerprint density at radius 3 is 2.56 bits per heavy atom. The van der Waals surface area contributed by atoms with Crippen LogP contribution in [0, 0.1) is 0 Å². The first-order valence-corrected chi connectivity index (χ1v) is 5.92. The van der Waals surface area contributed by atoms with Gasteiger partial charge in [0.2, 0.25) is 0 Å². The molecule has 0 unspecified atom stereocenters. The number of halogens is 3. The van der Waals surface area contributed by atoms with Crippen molar-refractivity contribution < 1.29 is 18.3 Å². The normalized spacial score (nSPS) is 11.6. The second-order valence-corrected chi connectivity index (χ2v) is 3.96. The van der Waals surface area contributed by atoms with E-state index >= 15 is 0 Å². The molecule has 0 aliphatic heterocycles. The summed E-state index contributed by atoms with van der Waals surface area (Å²) in [7, 11) is 0. The minimum absolute atomic E-state index is 0.118. The van der Waals surface area contributed by atoms with Gasteiger partial charge in [-0.2, -0.15) is 13.2 Å². The third-order valence-corrected chi connectivity index (χ3v) is 2.49. The lowest BCUT2D eigenvalue weighted by Gasteiger charge is -2.12. The Balaban J connectivity index is 2.43. The van der Waals surface area contributed by atoms with Crippen molar-refractivity contribution in [3.05, 3.63) is 23.9 Å². The Morgan fingerprint density at radius 2 is 1.89 bits per heavy atom. The molecular weight excluding hydrogens is 245 g/mol. The Kier molecular flexibility index (Phi) is 5.91. The number of nitrogens with zero attached hydrogens (tertiary/aromatic N) is 1. The van der Waals surface area contributed by atoms with Crippen LogP contribution < -0.4 is 5.32 Å². The van der Waals surface area contributed by atoms with E-state index in [9.17, 15) is 13.2 Å². The number of aliphatic hydroxyl groups is 1. The fourth-order valence-electron chi connectivity index (χ4n) is 1.57. The van der Waals surface area contributed by atoms with Gasteiger partial charge >= 0.3 is 6.18 Å².